The van der Waals surface area contributed by atoms with Crippen molar-refractivity contribution in [2.75, 3.05) is 0 Å². The number of nitrogens with zero attached hydrogens (tertiary/aromatic N) is 1. The molecule has 0 aliphatic carbocycles. The summed E-state index contributed by atoms with van der Waals surface area (Å²) in [6.45, 7) is 3.75. The topological polar surface area (TPSA) is 27.4 Å². The maximum atomic E-state index is 9.04. The molecule has 0 N–H and O–H groups in total. The highest BCUT2D eigenvalue weighted by Gasteiger charge is 1.63. The monoisotopic (exact) mass is 125 g/mol. The molecule has 0 rings (SSSR count). The van der Waals surface area contributed by atoms with E-state index in [0.717, 1.165) is 6.42 Å². The second kappa shape index (κ2) is 15.8. The largest absolute Gasteiger partial charge is 0.498 e. The number of hydrogen-bond donors (Lipinski definition) is 0. The van der Waals surface area contributed by atoms with Gasteiger partial charge in [-0.1, -0.05) is 6.92 Å². The zero-order chi connectivity index (χ0) is 7.54. The van der Waals surface area contributed by atoms with Gasteiger partial charge in [-0.3, -0.25) is 0 Å². The van der Waals surface area contributed by atoms with E-state index in [2.05, 4.69) is 17.0 Å². The second-order valence-corrected chi connectivity index (χ2v) is 1.16. The van der Waals surface area contributed by atoms with E-state index >= 15 is 0 Å². The van der Waals surface area contributed by atoms with Crippen molar-refractivity contribution in [3.8, 4) is 18.4 Å². The lowest BCUT2D eigenvalue weighted by molar-refractivity contribution is 1.27. The summed E-state index contributed by atoms with van der Waals surface area (Å²) in [4.78, 5) is 0. The summed E-state index contributed by atoms with van der Waals surface area (Å²) in [5, 5.41) is 11.4. The third-order valence-electron chi connectivity index (χ3n) is 0.427. The van der Waals surface area contributed by atoms with Crippen molar-refractivity contribution in [3.05, 3.63) is 10.2 Å². The summed E-state index contributed by atoms with van der Waals surface area (Å²) in [5.74, 6) is 2.43. The normalized spacial score (nSPS) is 5.00. The molecule has 0 saturated heterocycles. The predicted molar refractivity (Wildman–Crippen MR) is 40.0 cm³/mol. The highest BCUT2D eigenvalue weighted by Crippen LogP contribution is 1.65. The molecular formula is C7H11NO. The van der Waals surface area contributed by atoms with Crippen molar-refractivity contribution < 1.29 is 0 Å². The molecule has 0 fully saturated rings. The van der Waals surface area contributed by atoms with Crippen LogP contribution in [0.25, 0.3) is 5.01 Å². The van der Waals surface area contributed by atoms with Gasteiger partial charge in [-0.15, -0.1) is 12.3 Å². The van der Waals surface area contributed by atoms with Crippen LogP contribution in [0, 0.1) is 23.6 Å². The minimum atomic E-state index is 0.615. The van der Waals surface area contributed by atoms with Gasteiger partial charge < -0.3 is 5.21 Å². The third kappa shape index (κ3) is 47.1. The van der Waals surface area contributed by atoms with E-state index in [1.165, 1.54) is 0 Å². The lowest BCUT2D eigenvalue weighted by atomic mass is 10.5. The Balaban J connectivity index is 0. The van der Waals surface area contributed by atoms with E-state index in [0.29, 0.717) is 6.42 Å². The summed E-state index contributed by atoms with van der Waals surface area (Å²) >= 11 is 0. The molecule has 0 saturated carbocycles. The van der Waals surface area contributed by atoms with Crippen molar-refractivity contribution in [2.45, 2.75) is 26.7 Å². The smallest absolute Gasteiger partial charge is 0.298 e. The van der Waals surface area contributed by atoms with Crippen LogP contribution in [-0.2, 0) is 0 Å². The van der Waals surface area contributed by atoms with Crippen LogP contribution in [0.15, 0.2) is 0 Å². The Bertz CT molecular complexity index is 124. The van der Waals surface area contributed by atoms with Gasteiger partial charge in [0, 0.05) is 11.4 Å². The lowest BCUT2D eigenvalue weighted by Crippen LogP contribution is -1.41. The molecule has 0 heterocycles. The molecule has 0 aliphatic rings. The zero-order valence-electron chi connectivity index (χ0n) is 5.85. The van der Waals surface area contributed by atoms with E-state index in [1.54, 1.807) is 6.92 Å². The zero-order valence-corrected chi connectivity index (χ0v) is 5.85. The number of hydrogen-bond acceptors (Lipinski definition) is 1. The minimum Gasteiger partial charge on any atom is -0.498 e. The van der Waals surface area contributed by atoms with Gasteiger partial charge in [0.1, 0.15) is 0 Å². The summed E-state index contributed by atoms with van der Waals surface area (Å²) in [6, 6.07) is 2.18. The van der Waals surface area contributed by atoms with E-state index in [1.807, 2.05) is 6.92 Å². The van der Waals surface area contributed by atoms with E-state index in [4.69, 9.17) is 11.6 Å². The van der Waals surface area contributed by atoms with Crippen molar-refractivity contribution in [1.82, 2.24) is 0 Å². The first-order valence-electron chi connectivity index (χ1n) is 2.82. The van der Waals surface area contributed by atoms with Gasteiger partial charge in [0.2, 0.25) is 0 Å². The summed E-state index contributed by atoms with van der Waals surface area (Å²) in [5.41, 5.74) is 0. The van der Waals surface area contributed by atoms with Crippen molar-refractivity contribution in [1.29, 1.82) is 0 Å². The Kier molecular flexibility index (Phi) is 18.9. The molecule has 2 nitrogen and oxygen atoms in total. The third-order valence-corrected chi connectivity index (χ3v) is 0.427. The van der Waals surface area contributed by atoms with Gasteiger partial charge in [-0.2, -0.15) is 0 Å². The molecule has 0 amide bonds. The number of rotatable bonds is 0. The highest BCUT2D eigenvalue weighted by molar-refractivity contribution is 4.84. The van der Waals surface area contributed by atoms with Crippen LogP contribution in [-0.4, -0.2) is 0 Å². The standard InChI is InChI=1S/C4H6.C3H5NO/c1-3-4-2;1-2-3-4-5/h1H,4H2,2H3;2H2,1H3. The molecule has 0 aromatic rings. The molecule has 0 unspecified atom stereocenters. The second-order valence-electron chi connectivity index (χ2n) is 1.16. The van der Waals surface area contributed by atoms with E-state index < -0.39 is 0 Å². The van der Waals surface area contributed by atoms with Crippen molar-refractivity contribution in [2.24, 2.45) is 0 Å². The molecular weight excluding hydrogens is 114 g/mol. The van der Waals surface area contributed by atoms with Crippen LogP contribution < -0.4 is 0 Å². The van der Waals surface area contributed by atoms with Crippen LogP contribution in [0.2, 0.25) is 0 Å². The SMILES string of the molecule is C#CCC.CCC#[N+][O-]. The van der Waals surface area contributed by atoms with E-state index in [9.17, 15) is 0 Å². The Morgan fingerprint density at radius 1 is 1.44 bits per heavy atom. The van der Waals surface area contributed by atoms with Gasteiger partial charge >= 0.3 is 0 Å². The molecule has 0 spiro atoms. The van der Waals surface area contributed by atoms with Gasteiger partial charge in [0.05, 0.1) is 6.42 Å². The van der Waals surface area contributed by atoms with Crippen molar-refractivity contribution >= 4 is 0 Å². The lowest BCUT2D eigenvalue weighted by Gasteiger charge is -1.52. The highest BCUT2D eigenvalue weighted by atomic mass is 16.4. The first kappa shape index (κ1) is 10.8. The minimum absolute atomic E-state index is 0.615. The van der Waals surface area contributed by atoms with E-state index in [-0.39, 0.29) is 0 Å². The molecule has 2 heteroatoms. The van der Waals surface area contributed by atoms with Gasteiger partial charge in [0.25, 0.3) is 6.07 Å². The maximum absolute atomic E-state index is 9.04. The maximum Gasteiger partial charge on any atom is 0.298 e. The predicted octanol–water partition coefficient (Wildman–Crippen LogP) is 2.26. The van der Waals surface area contributed by atoms with Crippen LogP contribution in [0.3, 0.4) is 0 Å². The van der Waals surface area contributed by atoms with Crippen LogP contribution >= 0.6 is 0 Å². The van der Waals surface area contributed by atoms with Crippen LogP contribution in [0.5, 0.6) is 0 Å². The van der Waals surface area contributed by atoms with Gasteiger partial charge in [-0.05, 0) is 6.92 Å². The molecule has 9 heavy (non-hydrogen) atoms. The molecule has 0 radical (unpaired) electrons. The molecule has 0 bridgehead atoms. The summed E-state index contributed by atoms with van der Waals surface area (Å²) < 4.78 is 0. The first-order valence-corrected chi connectivity index (χ1v) is 2.82. The van der Waals surface area contributed by atoms with Gasteiger partial charge in [-0.25, -0.2) is 0 Å². The van der Waals surface area contributed by atoms with Crippen LogP contribution in [0.1, 0.15) is 26.7 Å². The fourth-order valence-corrected chi connectivity index (χ4v) is 0.0645. The first-order chi connectivity index (χ1) is 4.33. The van der Waals surface area contributed by atoms with Crippen LogP contribution in [0.4, 0.5) is 0 Å². The quantitative estimate of drug-likeness (QED) is 0.360. The fraction of sp³-hybridized carbons (Fsp3) is 0.571. The summed E-state index contributed by atoms with van der Waals surface area (Å²) in [6.07, 6.45) is 6.24. The van der Waals surface area contributed by atoms with Gasteiger partial charge in [0.15, 0.2) is 0 Å². The van der Waals surface area contributed by atoms with Crippen molar-refractivity contribution in [3.63, 3.8) is 0 Å². The number of terminal acetylenes is 1. The summed E-state index contributed by atoms with van der Waals surface area (Å²) in [7, 11) is 0. The Labute approximate surface area is 56.3 Å². The Morgan fingerprint density at radius 3 is 1.89 bits per heavy atom. The molecule has 50 valence electrons. The molecule has 0 aromatic heterocycles. The molecule has 0 atom stereocenters. The Morgan fingerprint density at radius 2 is 1.89 bits per heavy atom. The average Bonchev–Trinajstić information content (AvgIpc) is 1.91. The fourth-order valence-electron chi connectivity index (χ4n) is 0.0645. The average molecular weight is 125 g/mol. The molecule has 0 aromatic carbocycles. The Hall–Kier alpha value is -1.15. The molecule has 0 aliphatic heterocycles.